The molecule has 0 bridgehead atoms. The summed E-state index contributed by atoms with van der Waals surface area (Å²) in [5.41, 5.74) is 3.80. The molecule has 0 aromatic heterocycles. The molecule has 2 nitrogen and oxygen atoms in total. The number of carbonyl (C=O) groups excluding carboxylic acids is 1. The molecule has 0 unspecified atom stereocenters. The van der Waals surface area contributed by atoms with Crippen LogP contribution in [0.3, 0.4) is 0 Å². The van der Waals surface area contributed by atoms with Crippen molar-refractivity contribution < 1.29 is 9.53 Å². The van der Waals surface area contributed by atoms with Gasteiger partial charge in [-0.05, 0) is 0 Å². The van der Waals surface area contributed by atoms with E-state index in [4.69, 9.17) is 4.74 Å². The van der Waals surface area contributed by atoms with Crippen LogP contribution < -0.4 is 0 Å². The molecule has 0 radical (unpaired) electrons. The Morgan fingerprint density at radius 1 is 0.964 bits per heavy atom. The number of carbonyl (C=O) groups is 1. The number of unbranched alkanes of at least 4 members (excludes halogenated alkanes) is 3. The summed E-state index contributed by atoms with van der Waals surface area (Å²) < 4.78 is 11.9. The summed E-state index contributed by atoms with van der Waals surface area (Å²) >= 11 is -2.57. The third-order valence-electron chi connectivity index (χ3n) is 6.70. The van der Waals surface area contributed by atoms with Gasteiger partial charge in [0.25, 0.3) is 0 Å². The maximum atomic E-state index is 10.6. The zero-order chi connectivity index (χ0) is 21.7. The fourth-order valence-electron chi connectivity index (χ4n) is 3.94. The van der Waals surface area contributed by atoms with Crippen molar-refractivity contribution in [2.75, 3.05) is 6.61 Å². The van der Waals surface area contributed by atoms with E-state index in [1.807, 2.05) is 6.26 Å². The summed E-state index contributed by atoms with van der Waals surface area (Å²) in [6.45, 7) is 19.9. The molecule has 0 aliphatic rings. The van der Waals surface area contributed by atoms with Crippen molar-refractivity contribution in [3.05, 3.63) is 15.2 Å². The molecule has 0 N–H and O–H groups in total. The Morgan fingerprint density at radius 2 is 1.43 bits per heavy atom. The zero-order valence-corrected chi connectivity index (χ0v) is 24.1. The van der Waals surface area contributed by atoms with Crippen LogP contribution in [0, 0.1) is 0 Å². The minimum absolute atomic E-state index is 0.318. The first-order valence-corrected chi connectivity index (χ1v) is 22.1. The molecule has 0 aliphatic carbocycles. The van der Waals surface area contributed by atoms with Crippen molar-refractivity contribution >= 4 is 32.7 Å². The van der Waals surface area contributed by atoms with E-state index < -0.39 is 26.5 Å². The molecule has 164 valence electrons. The molecule has 0 saturated heterocycles. The van der Waals surface area contributed by atoms with Gasteiger partial charge >= 0.3 is 182 Å². The number of hydrogen-bond acceptors (Lipinski definition) is 2. The van der Waals surface area contributed by atoms with Crippen LogP contribution in [0.15, 0.2) is 15.2 Å². The van der Waals surface area contributed by atoms with Gasteiger partial charge in [0, 0.05) is 0 Å². The first kappa shape index (κ1) is 28.0. The third kappa shape index (κ3) is 8.79. The Labute approximate surface area is 181 Å². The second-order valence-electron chi connectivity index (χ2n) is 9.93. The number of hydrogen-bond donors (Lipinski definition) is 0. The molecule has 0 aliphatic heterocycles. The summed E-state index contributed by atoms with van der Waals surface area (Å²) in [6.07, 6.45) is 11.2. The second kappa shape index (κ2) is 14.1. The average molecular weight is 515 g/mol. The van der Waals surface area contributed by atoms with Gasteiger partial charge in [0.2, 0.25) is 0 Å². The molecule has 0 atom stereocenters. The summed E-state index contributed by atoms with van der Waals surface area (Å²) in [6, 6.07) is 0. The molecule has 0 saturated carbocycles. The topological polar surface area (TPSA) is 26.3 Å². The van der Waals surface area contributed by atoms with Crippen molar-refractivity contribution in [2.24, 2.45) is 0 Å². The van der Waals surface area contributed by atoms with Gasteiger partial charge in [-0.1, -0.05) is 0 Å². The molecule has 0 rings (SSSR count). The zero-order valence-electron chi connectivity index (χ0n) is 20.2. The molecule has 4 heteroatoms. The van der Waals surface area contributed by atoms with Gasteiger partial charge in [0.1, 0.15) is 0 Å². The Morgan fingerprint density at radius 3 is 1.79 bits per heavy atom. The van der Waals surface area contributed by atoms with E-state index in [-0.39, 0.29) is 0 Å². The first-order chi connectivity index (χ1) is 13.1. The van der Waals surface area contributed by atoms with Crippen molar-refractivity contribution in [3.63, 3.8) is 0 Å². The maximum absolute atomic E-state index is 10.6. The Kier molecular flexibility index (Phi) is 14.1. The van der Waals surface area contributed by atoms with Crippen molar-refractivity contribution in [1.82, 2.24) is 0 Å². The number of rotatable bonds is 15. The van der Waals surface area contributed by atoms with Crippen molar-refractivity contribution in [3.8, 4) is 0 Å². The first-order valence-electron chi connectivity index (χ1n) is 11.6. The molecule has 0 aromatic carbocycles. The van der Waals surface area contributed by atoms with Gasteiger partial charge in [-0.2, -0.15) is 0 Å². The van der Waals surface area contributed by atoms with E-state index >= 15 is 0 Å². The molecule has 28 heavy (non-hydrogen) atoms. The van der Waals surface area contributed by atoms with Gasteiger partial charge < -0.3 is 0 Å². The molecular weight excluding hydrogens is 467 g/mol. The van der Waals surface area contributed by atoms with Crippen LogP contribution in [0.1, 0.15) is 86.5 Å². The standard InChI is InChI=1S/C12H21O2Si.3C4H9.Sn/c1-12(2,3)15(4,5)11-7-10-14-9-6-8-13;3*1-3-4-2;/h8,10H,6,9H2,1-5H3;3*1,3-4H2,2H3;. The molecule has 0 spiro atoms. The van der Waals surface area contributed by atoms with E-state index in [0.717, 1.165) is 6.29 Å². The predicted octanol–water partition coefficient (Wildman–Crippen LogP) is 8.07. The van der Waals surface area contributed by atoms with Gasteiger partial charge in [0.15, 0.2) is 0 Å². The molecule has 0 heterocycles. The number of aldehydes is 1. The van der Waals surface area contributed by atoms with Crippen LogP contribution in [0.5, 0.6) is 0 Å². The van der Waals surface area contributed by atoms with E-state index in [0.29, 0.717) is 18.1 Å². The van der Waals surface area contributed by atoms with Crippen LogP contribution in [0.4, 0.5) is 0 Å². The SMILES string of the molecule is CCC[CH2][Sn]([CH2]CCC)([CH2]CCC)[C](=C=COCCC=O)[Si](C)(C)C(C)(C)C. The molecule has 0 amide bonds. The van der Waals surface area contributed by atoms with Crippen LogP contribution in [-0.2, 0) is 9.53 Å². The van der Waals surface area contributed by atoms with Crippen LogP contribution in [0.25, 0.3) is 0 Å². The minimum atomic E-state index is -2.57. The summed E-state index contributed by atoms with van der Waals surface area (Å²) in [7, 11) is -1.67. The van der Waals surface area contributed by atoms with Gasteiger partial charge in [0.05, 0.1) is 0 Å². The summed E-state index contributed by atoms with van der Waals surface area (Å²) in [5.74, 6) is 0. The molecule has 0 aromatic rings. The average Bonchev–Trinajstić information content (AvgIpc) is 2.63. The van der Waals surface area contributed by atoms with Gasteiger partial charge in [-0.15, -0.1) is 0 Å². The summed E-state index contributed by atoms with van der Waals surface area (Å²) in [5, 5.41) is 0.318. The van der Waals surface area contributed by atoms with Crippen molar-refractivity contribution in [2.45, 2.75) is 118 Å². The third-order valence-corrected chi connectivity index (χ3v) is 35.4. The summed E-state index contributed by atoms with van der Waals surface area (Å²) in [4.78, 5) is 10.6. The predicted molar refractivity (Wildman–Crippen MR) is 130 cm³/mol. The van der Waals surface area contributed by atoms with Gasteiger partial charge in [-0.3, -0.25) is 0 Å². The van der Waals surface area contributed by atoms with E-state index in [9.17, 15) is 4.79 Å². The van der Waals surface area contributed by atoms with Crippen LogP contribution in [-0.4, -0.2) is 39.3 Å². The van der Waals surface area contributed by atoms with Crippen LogP contribution >= 0.6 is 0 Å². The number of ether oxygens (including phenoxy) is 1. The fraction of sp³-hybridized carbons (Fsp3) is 0.833. The fourth-order valence-corrected chi connectivity index (χ4v) is 37.7. The Balaban J connectivity index is 6.36. The normalized spacial score (nSPS) is 12.4. The van der Waals surface area contributed by atoms with E-state index in [1.165, 1.54) is 51.8 Å². The second-order valence-corrected chi connectivity index (χ2v) is 29.6. The molecule has 0 fully saturated rings. The van der Waals surface area contributed by atoms with Crippen LogP contribution in [0.2, 0.25) is 31.4 Å². The quantitative estimate of drug-likeness (QED) is 0.0725. The monoisotopic (exact) mass is 516 g/mol. The Hall–Kier alpha value is 0.00558. The van der Waals surface area contributed by atoms with E-state index in [1.54, 1.807) is 3.21 Å². The van der Waals surface area contributed by atoms with Crippen molar-refractivity contribution in [1.29, 1.82) is 0 Å². The molecular formula is C24H48O2SiSn. The Bertz CT molecular complexity index is 477. The van der Waals surface area contributed by atoms with Gasteiger partial charge in [-0.25, -0.2) is 0 Å². The van der Waals surface area contributed by atoms with E-state index in [2.05, 4.69) is 60.4 Å².